The molecule has 1 atom stereocenters. The summed E-state index contributed by atoms with van der Waals surface area (Å²) in [6, 6.07) is 3.88. The molecule has 170 valence electrons. The second-order valence-corrected chi connectivity index (χ2v) is 7.55. The van der Waals surface area contributed by atoms with Crippen molar-refractivity contribution < 1.29 is 28.5 Å². The molecule has 1 amide bonds. The minimum absolute atomic E-state index is 0.130. The summed E-state index contributed by atoms with van der Waals surface area (Å²) in [6.07, 6.45) is 0.918. The van der Waals surface area contributed by atoms with Gasteiger partial charge in [0.25, 0.3) is 0 Å². The van der Waals surface area contributed by atoms with E-state index in [1.807, 2.05) is 0 Å². The number of ether oxygens (including phenoxy) is 4. The molecule has 0 aliphatic heterocycles. The van der Waals surface area contributed by atoms with Gasteiger partial charge in [-0.05, 0) is 41.7 Å². The van der Waals surface area contributed by atoms with Gasteiger partial charge in [0.05, 0.1) is 39.5 Å². The number of hydrogen-bond donors (Lipinski definition) is 1. The van der Waals surface area contributed by atoms with Crippen molar-refractivity contribution in [3.8, 4) is 28.4 Å². The average Bonchev–Trinajstić information content (AvgIpc) is 3.02. The van der Waals surface area contributed by atoms with Crippen molar-refractivity contribution in [1.82, 2.24) is 5.32 Å². The number of fused-ring (bicyclic) bond motifs is 3. The van der Waals surface area contributed by atoms with Gasteiger partial charge in [-0.1, -0.05) is 17.7 Å². The molecule has 3 rings (SSSR count). The molecule has 32 heavy (non-hydrogen) atoms. The van der Waals surface area contributed by atoms with Gasteiger partial charge in [0.2, 0.25) is 11.7 Å². The zero-order valence-corrected chi connectivity index (χ0v) is 19.2. The fraction of sp³-hybridized carbons (Fsp3) is 0.348. The number of hydrogen-bond acceptors (Lipinski definition) is 7. The Bertz CT molecular complexity index is 1150. The first-order chi connectivity index (χ1) is 15.3. The largest absolute Gasteiger partial charge is 0.492 e. The Balaban J connectivity index is 2.48. The predicted molar refractivity (Wildman–Crippen MR) is 119 cm³/mol. The van der Waals surface area contributed by atoms with Crippen molar-refractivity contribution in [3.05, 3.63) is 50.1 Å². The van der Waals surface area contributed by atoms with Crippen LogP contribution < -0.4 is 25.0 Å². The van der Waals surface area contributed by atoms with Crippen LogP contribution in [0, 0.1) is 0 Å². The van der Waals surface area contributed by atoms with Crippen LogP contribution in [0.25, 0.3) is 11.1 Å². The first-order valence-corrected chi connectivity index (χ1v) is 10.2. The highest BCUT2D eigenvalue weighted by atomic mass is 35.5. The number of carbonyl (C=O) groups excluding carboxylic acids is 2. The van der Waals surface area contributed by atoms with Gasteiger partial charge in [-0.2, -0.15) is 0 Å². The monoisotopic (exact) mass is 461 g/mol. The zero-order chi connectivity index (χ0) is 23.6. The Morgan fingerprint density at radius 1 is 1.03 bits per heavy atom. The number of carbonyl (C=O) groups is 2. The molecule has 1 N–H and O–H groups in total. The number of rotatable bonds is 5. The zero-order valence-electron chi connectivity index (χ0n) is 18.5. The molecule has 2 aromatic carbocycles. The molecule has 0 unspecified atom stereocenters. The molecular weight excluding hydrogens is 438 g/mol. The van der Waals surface area contributed by atoms with E-state index in [4.69, 9.17) is 30.5 Å². The second kappa shape index (κ2) is 9.48. The third-order valence-electron chi connectivity index (χ3n) is 5.41. The van der Waals surface area contributed by atoms with E-state index in [1.54, 1.807) is 6.07 Å². The van der Waals surface area contributed by atoms with Gasteiger partial charge in [-0.15, -0.1) is 0 Å². The number of esters is 1. The van der Waals surface area contributed by atoms with E-state index in [9.17, 15) is 14.4 Å². The Hall–Kier alpha value is -3.26. The molecule has 9 heteroatoms. The van der Waals surface area contributed by atoms with Gasteiger partial charge in [0.1, 0.15) is 5.56 Å². The van der Waals surface area contributed by atoms with Crippen LogP contribution in [0.4, 0.5) is 0 Å². The highest BCUT2D eigenvalue weighted by Crippen LogP contribution is 2.54. The molecule has 0 fully saturated rings. The van der Waals surface area contributed by atoms with Gasteiger partial charge in [-0.25, -0.2) is 4.79 Å². The minimum atomic E-state index is -0.756. The van der Waals surface area contributed by atoms with Crippen LogP contribution >= 0.6 is 11.6 Å². The molecule has 0 radical (unpaired) electrons. The maximum absolute atomic E-state index is 12.9. The smallest absolute Gasteiger partial charge is 0.341 e. The number of methoxy groups -OCH3 is 4. The predicted octanol–water partition coefficient (Wildman–Crippen LogP) is 3.30. The van der Waals surface area contributed by atoms with Gasteiger partial charge in [-0.3, -0.25) is 9.59 Å². The van der Waals surface area contributed by atoms with Crippen LogP contribution in [0.5, 0.6) is 17.2 Å². The molecule has 1 aliphatic rings. The van der Waals surface area contributed by atoms with Crippen molar-refractivity contribution in [1.29, 1.82) is 0 Å². The van der Waals surface area contributed by atoms with E-state index in [0.29, 0.717) is 57.4 Å². The molecule has 0 bridgehead atoms. The van der Waals surface area contributed by atoms with Crippen LogP contribution in [0.15, 0.2) is 23.0 Å². The molecule has 1 aliphatic carbocycles. The van der Waals surface area contributed by atoms with E-state index < -0.39 is 17.4 Å². The summed E-state index contributed by atoms with van der Waals surface area (Å²) in [5.74, 6) is -0.0260. The van der Waals surface area contributed by atoms with Crippen molar-refractivity contribution >= 4 is 23.5 Å². The van der Waals surface area contributed by atoms with E-state index >= 15 is 0 Å². The molecule has 0 spiro atoms. The summed E-state index contributed by atoms with van der Waals surface area (Å²) >= 11 is 6.72. The molecule has 0 aromatic heterocycles. The standard InChI is InChI=1S/C23H24ClNO7/c1-11(26)25-16-9-8-14-18(20(29-2)22(31-4)21(30-3)19(14)24)12-6-7-13(23(28)32-5)17(27)10-15(12)16/h6-7,10,16H,8-9H2,1-5H3,(H,25,26)/t16-/m0/s1. The minimum Gasteiger partial charge on any atom is -0.492 e. The van der Waals surface area contributed by atoms with Crippen molar-refractivity contribution in [2.75, 3.05) is 28.4 Å². The SMILES string of the molecule is COC(=O)c1ccc2c(cc1=O)[C@@H](NC(C)=O)CCc1c(Cl)c(OC)c(OC)c(OC)c1-2. The van der Waals surface area contributed by atoms with Gasteiger partial charge in [0, 0.05) is 12.5 Å². The van der Waals surface area contributed by atoms with Gasteiger partial charge >= 0.3 is 5.97 Å². The molecule has 2 aromatic rings. The van der Waals surface area contributed by atoms with Crippen LogP contribution in [0.1, 0.15) is 40.9 Å². The summed E-state index contributed by atoms with van der Waals surface area (Å²) in [5.41, 5.74) is 1.76. The molecule has 0 saturated heterocycles. The summed E-state index contributed by atoms with van der Waals surface area (Å²) in [4.78, 5) is 37.0. The summed E-state index contributed by atoms with van der Waals surface area (Å²) < 4.78 is 21.5. The maximum atomic E-state index is 12.9. The van der Waals surface area contributed by atoms with Crippen LogP contribution in [-0.2, 0) is 16.0 Å². The highest BCUT2D eigenvalue weighted by molar-refractivity contribution is 6.34. The fourth-order valence-electron chi connectivity index (χ4n) is 4.06. The quantitative estimate of drug-likeness (QED) is 0.682. The lowest BCUT2D eigenvalue weighted by molar-refractivity contribution is -0.119. The Morgan fingerprint density at radius 3 is 2.25 bits per heavy atom. The van der Waals surface area contributed by atoms with Crippen LogP contribution in [0.2, 0.25) is 5.02 Å². The summed E-state index contributed by atoms with van der Waals surface area (Å²) in [7, 11) is 5.64. The fourth-order valence-corrected chi connectivity index (χ4v) is 4.41. The van der Waals surface area contributed by atoms with E-state index in [1.165, 1.54) is 47.5 Å². The lowest BCUT2D eigenvalue weighted by Crippen LogP contribution is -2.26. The maximum Gasteiger partial charge on any atom is 0.341 e. The number of nitrogens with one attached hydrogen (secondary N) is 1. The van der Waals surface area contributed by atoms with Gasteiger partial charge in [0.15, 0.2) is 16.9 Å². The average molecular weight is 462 g/mol. The first-order valence-electron chi connectivity index (χ1n) is 9.83. The third kappa shape index (κ3) is 3.98. The van der Waals surface area contributed by atoms with Crippen LogP contribution in [-0.4, -0.2) is 40.3 Å². The normalized spacial score (nSPS) is 14.4. The molecule has 0 saturated carbocycles. The molecule has 8 nitrogen and oxygen atoms in total. The van der Waals surface area contributed by atoms with Gasteiger partial charge < -0.3 is 24.3 Å². The topological polar surface area (TPSA) is 100 Å². The van der Waals surface area contributed by atoms with Crippen molar-refractivity contribution in [2.45, 2.75) is 25.8 Å². The van der Waals surface area contributed by atoms with E-state index in [-0.39, 0.29) is 11.5 Å². The third-order valence-corrected chi connectivity index (χ3v) is 5.81. The number of amides is 1. The summed E-state index contributed by atoms with van der Waals surface area (Å²) in [5, 5.41) is 3.23. The Labute approximate surface area is 190 Å². The molecule has 0 heterocycles. The number of benzene rings is 1. The number of halogens is 1. The second-order valence-electron chi connectivity index (χ2n) is 7.18. The van der Waals surface area contributed by atoms with Crippen molar-refractivity contribution in [3.63, 3.8) is 0 Å². The van der Waals surface area contributed by atoms with E-state index in [2.05, 4.69) is 5.32 Å². The highest BCUT2D eigenvalue weighted by Gasteiger charge is 2.32. The van der Waals surface area contributed by atoms with Crippen LogP contribution in [0.3, 0.4) is 0 Å². The lowest BCUT2D eigenvalue weighted by atomic mass is 9.95. The molecular formula is C23H24ClNO7. The Kier molecular flexibility index (Phi) is 6.93. The summed E-state index contributed by atoms with van der Waals surface area (Å²) in [6.45, 7) is 1.40. The lowest BCUT2D eigenvalue weighted by Gasteiger charge is -2.21. The van der Waals surface area contributed by atoms with E-state index in [0.717, 1.165) is 0 Å². The first kappa shape index (κ1) is 23.4. The van der Waals surface area contributed by atoms with Crippen molar-refractivity contribution in [2.24, 2.45) is 0 Å². The Morgan fingerprint density at radius 2 is 1.69 bits per heavy atom.